The molecule has 0 saturated carbocycles. The maximum Gasteiger partial charge on any atom is 0.249 e. The number of likely N-dealkylation sites (tertiary alicyclic amines) is 1. The number of ether oxygens (including phenoxy) is 1. The number of likely N-dealkylation sites (N-methyl/N-ethyl adjacent to an activating group) is 1. The second-order valence-electron chi connectivity index (χ2n) is 13.3. The van der Waals surface area contributed by atoms with Crippen LogP contribution in [0, 0.1) is 17.3 Å². The average molecular weight is 611 g/mol. The SMILES string of the molecule is C=CCN(C)C(=O)[C@H]1[C@H]2C(=O)N(CCCCCO)C(C(=O)N(CC=C)C(C)(C)CC(C)(C)C)C23CC(Br)[C@@H]1O3. The molecule has 0 radical (unpaired) electrons. The molecule has 3 heterocycles. The Morgan fingerprint density at radius 2 is 1.77 bits per heavy atom. The molecule has 0 aromatic heterocycles. The van der Waals surface area contributed by atoms with Crippen molar-refractivity contribution in [3.63, 3.8) is 0 Å². The zero-order chi connectivity index (χ0) is 29.3. The molecule has 8 nitrogen and oxygen atoms in total. The minimum Gasteiger partial charge on any atom is -0.396 e. The van der Waals surface area contributed by atoms with Gasteiger partial charge in [-0.15, -0.1) is 13.2 Å². The number of alkyl halides is 1. The van der Waals surface area contributed by atoms with Gasteiger partial charge in [-0.25, -0.2) is 0 Å². The molecule has 3 aliphatic rings. The zero-order valence-electron chi connectivity index (χ0n) is 24.6. The lowest BCUT2D eigenvalue weighted by Crippen LogP contribution is -2.61. The molecule has 0 aromatic rings. The van der Waals surface area contributed by atoms with E-state index in [0.717, 1.165) is 12.8 Å². The van der Waals surface area contributed by atoms with Crippen molar-refractivity contribution in [1.82, 2.24) is 14.7 Å². The first-order valence-electron chi connectivity index (χ1n) is 14.2. The van der Waals surface area contributed by atoms with Crippen molar-refractivity contribution >= 4 is 33.7 Å². The Labute approximate surface area is 242 Å². The van der Waals surface area contributed by atoms with Gasteiger partial charge in [0.1, 0.15) is 11.6 Å². The average Bonchev–Trinajstić information content (AvgIpc) is 3.41. The van der Waals surface area contributed by atoms with Crippen LogP contribution in [-0.4, -0.2) is 98.9 Å². The van der Waals surface area contributed by atoms with Gasteiger partial charge < -0.3 is 24.5 Å². The summed E-state index contributed by atoms with van der Waals surface area (Å²) in [6.45, 7) is 19.4. The Balaban J connectivity index is 2.08. The van der Waals surface area contributed by atoms with E-state index in [1.54, 1.807) is 29.0 Å². The maximum atomic E-state index is 14.7. The van der Waals surface area contributed by atoms with E-state index in [9.17, 15) is 19.5 Å². The highest BCUT2D eigenvalue weighted by Gasteiger charge is 2.77. The number of nitrogens with zero attached hydrogens (tertiary/aromatic N) is 3. The molecule has 3 unspecified atom stereocenters. The van der Waals surface area contributed by atoms with Gasteiger partial charge in [0.05, 0.1) is 17.9 Å². The van der Waals surface area contributed by atoms with Crippen molar-refractivity contribution < 1.29 is 24.2 Å². The number of rotatable bonds is 13. The lowest BCUT2D eigenvalue weighted by molar-refractivity contribution is -0.153. The van der Waals surface area contributed by atoms with Gasteiger partial charge in [-0.2, -0.15) is 0 Å². The van der Waals surface area contributed by atoms with Crippen LogP contribution >= 0.6 is 15.9 Å². The van der Waals surface area contributed by atoms with Gasteiger partial charge in [0.2, 0.25) is 17.7 Å². The van der Waals surface area contributed by atoms with E-state index < -0.39 is 35.1 Å². The molecule has 3 rings (SSSR count). The molecule has 3 fully saturated rings. The summed E-state index contributed by atoms with van der Waals surface area (Å²) in [4.78, 5) is 47.5. The van der Waals surface area contributed by atoms with Gasteiger partial charge in [0.25, 0.3) is 0 Å². The third kappa shape index (κ3) is 6.01. The topological polar surface area (TPSA) is 90.4 Å². The Hall–Kier alpha value is -1.71. The van der Waals surface area contributed by atoms with E-state index >= 15 is 0 Å². The number of halogens is 1. The van der Waals surface area contributed by atoms with Crippen LogP contribution in [0.2, 0.25) is 0 Å². The second-order valence-corrected chi connectivity index (χ2v) is 14.5. The quantitative estimate of drug-likeness (QED) is 0.195. The number of fused-ring (bicyclic) bond motifs is 1. The first-order chi connectivity index (χ1) is 18.2. The standard InChI is InChI=1S/C30H48BrN3O5/c1-9-14-32(8)25(36)21-22-26(37)33(16-12-11-13-17-35)24(30(22)18-20(31)23(21)39-30)27(38)34(15-10-2)29(6,7)19-28(3,4)5/h9-10,20-24,35H,1-2,11-19H2,3-8H3/t20?,21-,22-,23-,24?,30?/m0/s1. The minimum absolute atomic E-state index is 0.0317. The number of amides is 3. The molecular formula is C30H48BrN3O5. The lowest BCUT2D eigenvalue weighted by atomic mass is 9.70. The van der Waals surface area contributed by atoms with Gasteiger partial charge in [0.15, 0.2) is 0 Å². The molecule has 1 spiro atoms. The summed E-state index contributed by atoms with van der Waals surface area (Å²) in [5.41, 5.74) is -1.62. The molecule has 39 heavy (non-hydrogen) atoms. The number of hydrogen-bond donors (Lipinski definition) is 1. The van der Waals surface area contributed by atoms with Crippen molar-refractivity contribution in [3.05, 3.63) is 25.3 Å². The van der Waals surface area contributed by atoms with E-state index in [1.807, 2.05) is 4.90 Å². The maximum absolute atomic E-state index is 14.7. The van der Waals surface area contributed by atoms with Crippen molar-refractivity contribution in [2.45, 2.75) is 94.8 Å². The van der Waals surface area contributed by atoms with Gasteiger partial charge >= 0.3 is 0 Å². The lowest BCUT2D eigenvalue weighted by Gasteiger charge is -2.45. The van der Waals surface area contributed by atoms with Gasteiger partial charge in [-0.3, -0.25) is 14.4 Å². The molecule has 3 aliphatic heterocycles. The molecule has 0 aliphatic carbocycles. The number of hydrogen-bond acceptors (Lipinski definition) is 5. The van der Waals surface area contributed by atoms with Crippen molar-refractivity contribution in [2.75, 3.05) is 33.3 Å². The summed E-state index contributed by atoms with van der Waals surface area (Å²) >= 11 is 3.75. The van der Waals surface area contributed by atoms with Crippen LogP contribution in [0.1, 0.15) is 66.7 Å². The number of aliphatic hydroxyl groups excluding tert-OH is 1. The Morgan fingerprint density at radius 3 is 2.33 bits per heavy atom. The number of unbranched alkanes of at least 4 members (excludes halogenated alkanes) is 2. The van der Waals surface area contributed by atoms with Crippen LogP contribution in [0.15, 0.2) is 25.3 Å². The molecular weight excluding hydrogens is 562 g/mol. The molecule has 3 saturated heterocycles. The predicted octanol–water partition coefficient (Wildman–Crippen LogP) is 3.77. The summed E-state index contributed by atoms with van der Waals surface area (Å²) in [7, 11) is 1.71. The molecule has 9 heteroatoms. The van der Waals surface area contributed by atoms with Crippen LogP contribution in [0.3, 0.4) is 0 Å². The summed E-state index contributed by atoms with van der Waals surface area (Å²) < 4.78 is 6.67. The van der Waals surface area contributed by atoms with Crippen LogP contribution in [0.25, 0.3) is 0 Å². The molecule has 1 N–H and O–H groups in total. The third-order valence-electron chi connectivity index (χ3n) is 8.42. The van der Waals surface area contributed by atoms with Gasteiger partial charge in [-0.05, 0) is 51.4 Å². The fraction of sp³-hybridized carbons (Fsp3) is 0.767. The van der Waals surface area contributed by atoms with Crippen molar-refractivity contribution in [3.8, 4) is 0 Å². The summed E-state index contributed by atoms with van der Waals surface area (Å²) in [5.74, 6) is -1.90. The van der Waals surface area contributed by atoms with Crippen molar-refractivity contribution in [2.24, 2.45) is 17.3 Å². The summed E-state index contributed by atoms with van der Waals surface area (Å²) in [6.07, 6.45) is 6.17. The minimum atomic E-state index is -1.09. The summed E-state index contributed by atoms with van der Waals surface area (Å²) in [6, 6.07) is -0.837. The smallest absolute Gasteiger partial charge is 0.249 e. The molecule has 2 bridgehead atoms. The van der Waals surface area contributed by atoms with Gasteiger partial charge in [-0.1, -0.05) is 48.9 Å². The molecule has 3 amide bonds. The van der Waals surface area contributed by atoms with E-state index in [-0.39, 0.29) is 34.6 Å². The van der Waals surface area contributed by atoms with E-state index in [4.69, 9.17) is 4.74 Å². The third-order valence-corrected chi connectivity index (χ3v) is 9.26. The fourth-order valence-electron chi connectivity index (χ4n) is 7.35. The fourth-order valence-corrected chi connectivity index (χ4v) is 8.29. The number of carbonyl (C=O) groups is 3. The molecule has 0 aromatic carbocycles. The van der Waals surface area contributed by atoms with Crippen LogP contribution < -0.4 is 0 Å². The van der Waals surface area contributed by atoms with E-state index in [1.165, 1.54) is 0 Å². The van der Waals surface area contributed by atoms with Crippen molar-refractivity contribution in [1.29, 1.82) is 0 Å². The number of carbonyl (C=O) groups excluding carboxylic acids is 3. The Morgan fingerprint density at radius 1 is 1.13 bits per heavy atom. The van der Waals surface area contributed by atoms with Crippen LogP contribution in [0.5, 0.6) is 0 Å². The van der Waals surface area contributed by atoms with Crippen LogP contribution in [0.4, 0.5) is 0 Å². The highest BCUT2D eigenvalue weighted by molar-refractivity contribution is 9.09. The summed E-state index contributed by atoms with van der Waals surface area (Å²) in [5, 5.41) is 9.28. The first kappa shape index (κ1) is 31.8. The normalized spacial score (nSPS) is 29.9. The second kappa shape index (κ2) is 12.0. The molecule has 220 valence electrons. The highest BCUT2D eigenvalue weighted by atomic mass is 79.9. The molecule has 6 atom stereocenters. The monoisotopic (exact) mass is 609 g/mol. The van der Waals surface area contributed by atoms with E-state index in [0.29, 0.717) is 38.9 Å². The predicted molar refractivity (Wildman–Crippen MR) is 156 cm³/mol. The largest absolute Gasteiger partial charge is 0.396 e. The Bertz CT molecular complexity index is 963. The van der Waals surface area contributed by atoms with Crippen LogP contribution in [-0.2, 0) is 19.1 Å². The van der Waals surface area contributed by atoms with Gasteiger partial charge in [0, 0.05) is 43.7 Å². The Kier molecular flexibility index (Phi) is 9.81. The number of aliphatic hydroxyl groups is 1. The highest BCUT2D eigenvalue weighted by Crippen LogP contribution is 2.60. The zero-order valence-corrected chi connectivity index (χ0v) is 26.2. The first-order valence-corrected chi connectivity index (χ1v) is 15.1. The van der Waals surface area contributed by atoms with E-state index in [2.05, 4.69) is 63.7 Å².